The van der Waals surface area contributed by atoms with Crippen LogP contribution in [0.25, 0.3) is 0 Å². The lowest BCUT2D eigenvalue weighted by molar-refractivity contribution is -0.143. The van der Waals surface area contributed by atoms with Crippen molar-refractivity contribution >= 4 is 17.3 Å². The van der Waals surface area contributed by atoms with E-state index in [1.165, 1.54) is 7.11 Å². The summed E-state index contributed by atoms with van der Waals surface area (Å²) in [4.78, 5) is 15.8. The summed E-state index contributed by atoms with van der Waals surface area (Å²) in [5.74, 6) is -0.349. The second-order valence-electron chi connectivity index (χ2n) is 3.91. The van der Waals surface area contributed by atoms with E-state index in [4.69, 9.17) is 5.73 Å². The van der Waals surface area contributed by atoms with Gasteiger partial charge in [0.15, 0.2) is 0 Å². The number of methoxy groups -OCH3 is 1. The van der Waals surface area contributed by atoms with Crippen LogP contribution in [0.2, 0.25) is 0 Å². The Labute approximate surface area is 92.5 Å². The van der Waals surface area contributed by atoms with Crippen molar-refractivity contribution in [3.05, 3.63) is 16.1 Å². The van der Waals surface area contributed by atoms with Gasteiger partial charge < -0.3 is 10.5 Å². The van der Waals surface area contributed by atoms with Gasteiger partial charge in [0, 0.05) is 10.8 Å². The molecule has 0 spiro atoms. The Morgan fingerprint density at radius 1 is 1.73 bits per heavy atom. The Kier molecular flexibility index (Phi) is 2.52. The molecule has 1 aromatic rings. The van der Waals surface area contributed by atoms with Crippen LogP contribution in [0.4, 0.5) is 0 Å². The number of hydrogen-bond donors (Lipinski definition) is 1. The van der Waals surface area contributed by atoms with E-state index in [9.17, 15) is 4.79 Å². The van der Waals surface area contributed by atoms with Crippen LogP contribution in [-0.2, 0) is 14.9 Å². The minimum atomic E-state index is -0.580. The second-order valence-corrected chi connectivity index (χ2v) is 4.97. The van der Waals surface area contributed by atoms with E-state index in [1.807, 2.05) is 12.3 Å². The molecule has 2 rings (SSSR count). The van der Waals surface area contributed by atoms with Crippen LogP contribution in [0, 0.1) is 6.92 Å². The van der Waals surface area contributed by atoms with Crippen molar-refractivity contribution in [2.45, 2.75) is 31.2 Å². The van der Waals surface area contributed by atoms with Gasteiger partial charge in [-0.05, 0) is 19.8 Å². The highest BCUT2D eigenvalue weighted by Gasteiger charge is 2.54. The summed E-state index contributed by atoms with van der Waals surface area (Å²) < 4.78 is 4.68. The molecule has 1 unspecified atom stereocenters. The molecular formula is C10H14N2O2S. The molecule has 1 atom stereocenters. The number of rotatable bonds is 3. The molecule has 1 aromatic heterocycles. The van der Waals surface area contributed by atoms with E-state index in [1.54, 1.807) is 11.3 Å². The van der Waals surface area contributed by atoms with Crippen LogP contribution < -0.4 is 5.73 Å². The molecule has 0 aliphatic heterocycles. The minimum Gasteiger partial charge on any atom is -0.468 e. The highest BCUT2D eigenvalue weighted by atomic mass is 32.1. The highest BCUT2D eigenvalue weighted by Crippen LogP contribution is 2.50. The van der Waals surface area contributed by atoms with Gasteiger partial charge in [-0.2, -0.15) is 0 Å². The first-order chi connectivity index (χ1) is 7.10. The number of ether oxygens (including phenoxy) is 1. The van der Waals surface area contributed by atoms with Gasteiger partial charge in [-0.25, -0.2) is 4.98 Å². The van der Waals surface area contributed by atoms with Gasteiger partial charge in [0.2, 0.25) is 0 Å². The summed E-state index contributed by atoms with van der Waals surface area (Å²) in [6, 6.07) is -0.580. The van der Waals surface area contributed by atoms with Crippen LogP contribution in [-0.4, -0.2) is 24.1 Å². The third-order valence-electron chi connectivity index (χ3n) is 2.97. The van der Waals surface area contributed by atoms with Gasteiger partial charge >= 0.3 is 5.97 Å². The molecule has 1 aliphatic rings. The fraction of sp³-hybridized carbons (Fsp3) is 0.600. The first-order valence-corrected chi connectivity index (χ1v) is 5.74. The summed E-state index contributed by atoms with van der Waals surface area (Å²) in [6.07, 6.45) is 1.85. The molecular weight excluding hydrogens is 212 g/mol. The third-order valence-corrected chi connectivity index (χ3v) is 3.74. The number of nitrogens with zero attached hydrogens (tertiary/aromatic N) is 1. The molecule has 15 heavy (non-hydrogen) atoms. The Balaban J connectivity index is 2.24. The van der Waals surface area contributed by atoms with Gasteiger partial charge in [0.25, 0.3) is 0 Å². The lowest BCUT2D eigenvalue weighted by Gasteiger charge is -2.18. The Morgan fingerprint density at radius 3 is 2.80 bits per heavy atom. The molecule has 1 aliphatic carbocycles. The molecule has 4 nitrogen and oxygen atoms in total. The average Bonchev–Trinajstić information content (AvgIpc) is 2.94. The minimum absolute atomic E-state index is 0.252. The maximum atomic E-state index is 11.4. The van der Waals surface area contributed by atoms with Crippen LogP contribution in [0.5, 0.6) is 0 Å². The van der Waals surface area contributed by atoms with Crippen LogP contribution in [0.15, 0.2) is 5.38 Å². The van der Waals surface area contributed by atoms with Gasteiger partial charge in [-0.15, -0.1) is 11.3 Å². The Bertz CT molecular complexity index is 385. The number of carbonyl (C=O) groups is 1. The Morgan fingerprint density at radius 2 is 2.40 bits per heavy atom. The fourth-order valence-electron chi connectivity index (χ4n) is 1.81. The van der Waals surface area contributed by atoms with Gasteiger partial charge in [-0.1, -0.05) is 0 Å². The van der Waals surface area contributed by atoms with Crippen molar-refractivity contribution in [3.63, 3.8) is 0 Å². The van der Waals surface area contributed by atoms with Crippen LogP contribution >= 0.6 is 11.3 Å². The van der Waals surface area contributed by atoms with E-state index < -0.39 is 6.04 Å². The molecule has 2 N–H and O–H groups in total. The highest BCUT2D eigenvalue weighted by molar-refractivity contribution is 7.09. The molecule has 0 radical (unpaired) electrons. The smallest absolute Gasteiger partial charge is 0.323 e. The number of thiazole rings is 1. The third kappa shape index (κ3) is 1.66. The molecule has 1 saturated carbocycles. The summed E-state index contributed by atoms with van der Waals surface area (Å²) in [5, 5.41) is 3.00. The predicted octanol–water partition coefficient (Wildman–Crippen LogP) is 0.983. The first kappa shape index (κ1) is 10.6. The molecule has 1 fully saturated rings. The number of carbonyl (C=O) groups excluding carboxylic acids is 1. The summed E-state index contributed by atoms with van der Waals surface area (Å²) in [5.41, 5.74) is 6.59. The number of hydrogen-bond acceptors (Lipinski definition) is 5. The molecule has 5 heteroatoms. The predicted molar refractivity (Wildman–Crippen MR) is 57.8 cm³/mol. The maximum Gasteiger partial charge on any atom is 0.323 e. The molecule has 0 bridgehead atoms. The SMILES string of the molecule is COC(=O)C(N)C1(c2csc(C)n2)CC1. The van der Waals surface area contributed by atoms with Gasteiger partial charge in [0.1, 0.15) is 6.04 Å². The zero-order valence-electron chi connectivity index (χ0n) is 8.82. The summed E-state index contributed by atoms with van der Waals surface area (Å²) >= 11 is 1.59. The van der Waals surface area contributed by atoms with E-state index in [2.05, 4.69) is 9.72 Å². The monoisotopic (exact) mass is 226 g/mol. The van der Waals surface area contributed by atoms with Crippen molar-refractivity contribution < 1.29 is 9.53 Å². The Hall–Kier alpha value is -0.940. The zero-order valence-corrected chi connectivity index (χ0v) is 9.63. The quantitative estimate of drug-likeness (QED) is 0.780. The van der Waals surface area contributed by atoms with Crippen molar-refractivity contribution in [1.29, 1.82) is 0 Å². The average molecular weight is 226 g/mol. The first-order valence-electron chi connectivity index (χ1n) is 4.86. The lowest BCUT2D eigenvalue weighted by atomic mass is 9.94. The number of nitrogens with two attached hydrogens (primary N) is 1. The number of esters is 1. The lowest BCUT2D eigenvalue weighted by Crippen LogP contribution is -2.43. The molecule has 82 valence electrons. The van der Waals surface area contributed by atoms with Crippen molar-refractivity contribution in [2.24, 2.45) is 5.73 Å². The normalized spacial score (nSPS) is 19.7. The van der Waals surface area contributed by atoms with Crippen molar-refractivity contribution in [1.82, 2.24) is 4.98 Å². The van der Waals surface area contributed by atoms with E-state index in [0.29, 0.717) is 0 Å². The maximum absolute atomic E-state index is 11.4. The second kappa shape index (κ2) is 3.57. The largest absolute Gasteiger partial charge is 0.468 e. The molecule has 0 amide bonds. The van der Waals surface area contributed by atoms with Gasteiger partial charge in [0.05, 0.1) is 17.8 Å². The van der Waals surface area contributed by atoms with Crippen LogP contribution in [0.1, 0.15) is 23.5 Å². The molecule has 0 saturated heterocycles. The zero-order chi connectivity index (χ0) is 11.1. The number of aromatic nitrogens is 1. The van der Waals surface area contributed by atoms with Crippen molar-refractivity contribution in [2.75, 3.05) is 7.11 Å². The van der Waals surface area contributed by atoms with Crippen molar-refractivity contribution in [3.8, 4) is 0 Å². The summed E-state index contributed by atoms with van der Waals surface area (Å²) in [7, 11) is 1.37. The number of aryl methyl sites for hydroxylation is 1. The standard InChI is InChI=1S/C10H14N2O2S/c1-6-12-7(5-15-6)10(3-4-10)8(11)9(13)14-2/h5,8H,3-4,11H2,1-2H3. The topological polar surface area (TPSA) is 65.2 Å². The van der Waals surface area contributed by atoms with E-state index in [-0.39, 0.29) is 11.4 Å². The van der Waals surface area contributed by atoms with Gasteiger partial charge in [-0.3, -0.25) is 4.79 Å². The molecule has 0 aromatic carbocycles. The fourth-order valence-corrected chi connectivity index (χ4v) is 2.53. The van der Waals surface area contributed by atoms with E-state index in [0.717, 1.165) is 23.5 Å². The summed E-state index contributed by atoms with van der Waals surface area (Å²) in [6.45, 7) is 1.95. The van der Waals surface area contributed by atoms with Crippen LogP contribution in [0.3, 0.4) is 0 Å². The molecule has 1 heterocycles. The van der Waals surface area contributed by atoms with E-state index >= 15 is 0 Å².